The van der Waals surface area contributed by atoms with Crippen molar-refractivity contribution in [1.29, 1.82) is 0 Å². The zero-order valence-corrected chi connectivity index (χ0v) is 10.9. The maximum Gasteiger partial charge on any atom is 0.268 e. The molecule has 5 heteroatoms. The van der Waals surface area contributed by atoms with Crippen molar-refractivity contribution in [3.8, 4) is 0 Å². The summed E-state index contributed by atoms with van der Waals surface area (Å²) in [5.74, 6) is -3.19. The van der Waals surface area contributed by atoms with Crippen molar-refractivity contribution >= 4 is 22.6 Å². The highest BCUT2D eigenvalue weighted by Crippen LogP contribution is 2.23. The molecule has 0 bridgehead atoms. The van der Waals surface area contributed by atoms with E-state index in [1.54, 1.807) is 12.1 Å². The first-order valence-electron chi connectivity index (χ1n) is 4.73. The minimum Gasteiger partial charge on any atom is -0.366 e. The lowest BCUT2D eigenvalue weighted by molar-refractivity contribution is -0.0824. The largest absolute Gasteiger partial charge is 0.366 e. The van der Waals surface area contributed by atoms with Gasteiger partial charge in [-0.15, -0.1) is 0 Å². The average molecular weight is 344 g/mol. The quantitative estimate of drug-likeness (QED) is 0.580. The molecule has 0 aliphatic heterocycles. The van der Waals surface area contributed by atoms with E-state index in [1.807, 2.05) is 22.6 Å². The number of ether oxygens (including phenoxy) is 1. The maximum atomic E-state index is 12.7. The van der Waals surface area contributed by atoms with E-state index in [0.717, 1.165) is 6.92 Å². The molecule has 0 amide bonds. The van der Waals surface area contributed by atoms with Gasteiger partial charge in [0.1, 0.15) is 12.4 Å². The van der Waals surface area contributed by atoms with E-state index < -0.39 is 18.6 Å². The second-order valence-corrected chi connectivity index (χ2v) is 4.46. The van der Waals surface area contributed by atoms with Gasteiger partial charge in [0, 0.05) is 11.4 Å². The molecule has 0 fully saturated rings. The van der Waals surface area contributed by atoms with Gasteiger partial charge in [0.25, 0.3) is 5.92 Å². The van der Waals surface area contributed by atoms with Crippen LogP contribution in [0.25, 0.3) is 0 Å². The molecule has 0 saturated carbocycles. The molecular formula is C11H12F3IO. The van der Waals surface area contributed by atoms with E-state index in [1.165, 1.54) is 12.1 Å². The van der Waals surface area contributed by atoms with Crippen LogP contribution in [0.3, 0.4) is 0 Å². The van der Waals surface area contributed by atoms with Crippen LogP contribution < -0.4 is 0 Å². The molecule has 1 nitrogen and oxygen atoms in total. The normalized spacial score (nSPS) is 13.8. The van der Waals surface area contributed by atoms with Gasteiger partial charge in [-0.1, -0.05) is 34.7 Å². The SMILES string of the molecule is CC(F)(F)COC(CI)c1ccc(F)cc1. The molecule has 1 rings (SSSR count). The molecule has 0 heterocycles. The lowest BCUT2D eigenvalue weighted by Crippen LogP contribution is -2.21. The summed E-state index contributed by atoms with van der Waals surface area (Å²) in [4.78, 5) is 0. The Kier molecular flexibility index (Phi) is 5.04. The predicted molar refractivity (Wildman–Crippen MR) is 64.6 cm³/mol. The molecule has 0 saturated heterocycles. The third-order valence-electron chi connectivity index (χ3n) is 1.92. The van der Waals surface area contributed by atoms with Crippen LogP contribution in [0.5, 0.6) is 0 Å². The van der Waals surface area contributed by atoms with Crippen LogP contribution in [0.1, 0.15) is 18.6 Å². The smallest absolute Gasteiger partial charge is 0.268 e. The molecule has 1 unspecified atom stereocenters. The number of rotatable bonds is 5. The molecule has 1 aromatic rings. The van der Waals surface area contributed by atoms with Crippen molar-refractivity contribution in [2.75, 3.05) is 11.0 Å². The number of halogens is 4. The summed E-state index contributed by atoms with van der Waals surface area (Å²) < 4.78 is 43.5. The fourth-order valence-electron chi connectivity index (χ4n) is 1.15. The van der Waals surface area contributed by atoms with Gasteiger partial charge in [0.05, 0.1) is 6.10 Å². The van der Waals surface area contributed by atoms with E-state index in [9.17, 15) is 13.2 Å². The minimum absolute atomic E-state index is 0.350. The van der Waals surface area contributed by atoms with Gasteiger partial charge in [0.2, 0.25) is 0 Å². The van der Waals surface area contributed by atoms with E-state index in [0.29, 0.717) is 9.99 Å². The van der Waals surface area contributed by atoms with Crippen molar-refractivity contribution in [3.05, 3.63) is 35.6 Å². The van der Waals surface area contributed by atoms with Gasteiger partial charge in [-0.25, -0.2) is 13.2 Å². The van der Waals surface area contributed by atoms with Crippen molar-refractivity contribution in [3.63, 3.8) is 0 Å². The van der Waals surface area contributed by atoms with E-state index in [-0.39, 0.29) is 5.82 Å². The van der Waals surface area contributed by atoms with Crippen molar-refractivity contribution in [2.24, 2.45) is 0 Å². The lowest BCUT2D eigenvalue weighted by Gasteiger charge is -2.18. The summed E-state index contributed by atoms with van der Waals surface area (Å²) in [5.41, 5.74) is 0.708. The third-order valence-corrected chi connectivity index (χ3v) is 2.72. The summed E-state index contributed by atoms with van der Waals surface area (Å²) in [6.45, 7) is 0.181. The van der Waals surface area contributed by atoms with Crippen LogP contribution in [-0.4, -0.2) is 17.0 Å². The molecule has 1 atom stereocenters. The molecule has 0 N–H and O–H groups in total. The van der Waals surface area contributed by atoms with Crippen LogP contribution in [0.4, 0.5) is 13.2 Å². The Hall–Kier alpha value is -0.300. The van der Waals surface area contributed by atoms with Crippen LogP contribution in [0, 0.1) is 5.82 Å². The third kappa shape index (κ3) is 4.69. The zero-order valence-electron chi connectivity index (χ0n) is 8.72. The fourth-order valence-corrected chi connectivity index (χ4v) is 1.92. The highest BCUT2D eigenvalue weighted by atomic mass is 127. The fraction of sp³-hybridized carbons (Fsp3) is 0.455. The van der Waals surface area contributed by atoms with Gasteiger partial charge < -0.3 is 4.74 Å². The molecule has 0 spiro atoms. The van der Waals surface area contributed by atoms with Crippen LogP contribution in [0.2, 0.25) is 0 Å². The first-order valence-corrected chi connectivity index (χ1v) is 6.26. The molecule has 0 aliphatic rings. The minimum atomic E-state index is -2.84. The van der Waals surface area contributed by atoms with Gasteiger partial charge in [-0.2, -0.15) is 0 Å². The molecule has 0 aliphatic carbocycles. The highest BCUT2D eigenvalue weighted by molar-refractivity contribution is 14.1. The Bertz CT molecular complexity index is 321. The van der Waals surface area contributed by atoms with Crippen LogP contribution in [0.15, 0.2) is 24.3 Å². The number of hydrogen-bond acceptors (Lipinski definition) is 1. The molecule has 16 heavy (non-hydrogen) atoms. The van der Waals surface area contributed by atoms with Crippen molar-refractivity contribution in [2.45, 2.75) is 19.0 Å². The zero-order chi connectivity index (χ0) is 12.2. The Labute approximate surface area is 106 Å². The Morgan fingerprint density at radius 1 is 1.31 bits per heavy atom. The summed E-state index contributed by atoms with van der Waals surface area (Å²) in [5, 5.41) is 0. The highest BCUT2D eigenvalue weighted by Gasteiger charge is 2.24. The molecule has 0 radical (unpaired) electrons. The summed E-state index contributed by atoms with van der Waals surface area (Å²) in [6, 6.07) is 5.68. The van der Waals surface area contributed by atoms with Gasteiger partial charge in [-0.3, -0.25) is 0 Å². The maximum absolute atomic E-state index is 12.7. The monoisotopic (exact) mass is 344 g/mol. The number of hydrogen-bond donors (Lipinski definition) is 0. The van der Waals surface area contributed by atoms with E-state index in [4.69, 9.17) is 4.74 Å². The van der Waals surface area contributed by atoms with Gasteiger partial charge in [0.15, 0.2) is 0 Å². The Morgan fingerprint density at radius 2 is 1.88 bits per heavy atom. The summed E-state index contributed by atoms with van der Waals surface area (Å²) in [6.07, 6.45) is -0.424. The standard InChI is InChI=1S/C11H12F3IO/c1-11(13,14)7-16-10(6-15)8-2-4-9(12)5-3-8/h2-5,10H,6-7H2,1H3. The van der Waals surface area contributed by atoms with Crippen molar-refractivity contribution in [1.82, 2.24) is 0 Å². The first kappa shape index (κ1) is 13.8. The second kappa shape index (κ2) is 5.86. The predicted octanol–water partition coefficient (Wildman–Crippen LogP) is 3.97. The summed E-state index contributed by atoms with van der Waals surface area (Å²) >= 11 is 2.05. The van der Waals surface area contributed by atoms with Crippen LogP contribution >= 0.6 is 22.6 Å². The molecular weight excluding hydrogens is 332 g/mol. The second-order valence-electron chi connectivity index (χ2n) is 3.58. The number of benzene rings is 1. The first-order chi connectivity index (χ1) is 7.42. The molecule has 90 valence electrons. The molecule has 1 aromatic carbocycles. The van der Waals surface area contributed by atoms with Crippen molar-refractivity contribution < 1.29 is 17.9 Å². The molecule has 0 aromatic heterocycles. The van der Waals surface area contributed by atoms with Gasteiger partial charge in [-0.05, 0) is 17.7 Å². The Morgan fingerprint density at radius 3 is 2.31 bits per heavy atom. The lowest BCUT2D eigenvalue weighted by atomic mass is 10.1. The van der Waals surface area contributed by atoms with E-state index >= 15 is 0 Å². The summed E-state index contributed by atoms with van der Waals surface area (Å²) in [7, 11) is 0. The van der Waals surface area contributed by atoms with E-state index in [2.05, 4.69) is 0 Å². The van der Waals surface area contributed by atoms with Crippen LogP contribution in [-0.2, 0) is 4.74 Å². The topological polar surface area (TPSA) is 9.23 Å². The van der Waals surface area contributed by atoms with Gasteiger partial charge >= 0.3 is 0 Å². The number of alkyl halides is 3. The average Bonchev–Trinajstić information content (AvgIpc) is 2.20. The Balaban J connectivity index is 2.64.